The van der Waals surface area contributed by atoms with Crippen molar-refractivity contribution in [1.29, 1.82) is 0 Å². The zero-order valence-corrected chi connectivity index (χ0v) is 18.5. The van der Waals surface area contributed by atoms with E-state index in [4.69, 9.17) is 14.2 Å². The van der Waals surface area contributed by atoms with Crippen LogP contribution in [-0.4, -0.2) is 63.8 Å². The number of carbonyl (C=O) groups is 1. The van der Waals surface area contributed by atoms with Gasteiger partial charge in [-0.1, -0.05) is 18.1 Å². The van der Waals surface area contributed by atoms with E-state index in [9.17, 15) is 4.79 Å². The minimum absolute atomic E-state index is 0.213. The average molecular weight is 421 g/mol. The second-order valence-corrected chi connectivity index (χ2v) is 9.32. The Morgan fingerprint density at radius 2 is 2.00 bits per heavy atom. The summed E-state index contributed by atoms with van der Waals surface area (Å²) in [4.78, 5) is 14.7. The molecule has 0 unspecified atom stereocenters. The Kier molecular flexibility index (Phi) is 7.05. The Labute approximate surface area is 179 Å². The van der Waals surface area contributed by atoms with Gasteiger partial charge in [0.05, 0.1) is 50.4 Å². The molecule has 2 fully saturated rings. The number of hydrogen-bond acceptors (Lipinski definition) is 6. The number of likely N-dealkylation sites (tertiary alicyclic amines) is 1. The normalized spacial score (nSPS) is 21.5. The molecule has 3 heterocycles. The van der Waals surface area contributed by atoms with E-state index in [2.05, 4.69) is 10.3 Å². The van der Waals surface area contributed by atoms with Crippen LogP contribution in [0.25, 0.3) is 0 Å². The molecule has 3 aliphatic rings. The number of nitrogens with zero attached hydrogens (tertiary/aromatic N) is 4. The zero-order chi connectivity index (χ0) is 21.0. The third-order valence-electron chi connectivity index (χ3n) is 6.75. The molecule has 0 N–H and O–H groups in total. The summed E-state index contributed by atoms with van der Waals surface area (Å²) in [5, 5.41) is 8.66. The number of hydrogen-bond donors (Lipinski definition) is 0. The standard InChI is InChI=1S/C22H36N4O4/c1-17(2)29-12-11-28-14-19-20-15-30-22(16-26(20)24-23-19)7-9-25(10-8-22)21(27)13-18-5-3-4-6-18/h17-18H,3-16H2,1-2H3. The molecule has 4 rings (SSSR count). The van der Waals surface area contributed by atoms with Crippen LogP contribution in [0.2, 0.25) is 0 Å². The van der Waals surface area contributed by atoms with Crippen LogP contribution in [0.3, 0.4) is 0 Å². The highest BCUT2D eigenvalue weighted by atomic mass is 16.5. The van der Waals surface area contributed by atoms with E-state index in [0.717, 1.165) is 43.7 Å². The molecule has 1 aromatic rings. The number of fused-ring (bicyclic) bond motifs is 1. The maximum Gasteiger partial charge on any atom is 0.222 e. The van der Waals surface area contributed by atoms with E-state index in [1.165, 1.54) is 25.7 Å². The van der Waals surface area contributed by atoms with Gasteiger partial charge in [-0.25, -0.2) is 4.68 Å². The molecule has 2 aliphatic heterocycles. The number of carbonyl (C=O) groups excluding carboxylic acids is 1. The number of rotatable bonds is 8. The smallest absolute Gasteiger partial charge is 0.222 e. The van der Waals surface area contributed by atoms with Crippen LogP contribution in [0.1, 0.15) is 70.2 Å². The Bertz CT molecular complexity index is 706. The van der Waals surface area contributed by atoms with Gasteiger partial charge in [-0.15, -0.1) is 5.10 Å². The molecule has 1 aromatic heterocycles. The number of ether oxygens (including phenoxy) is 3. The molecule has 1 saturated heterocycles. The lowest BCUT2D eigenvalue weighted by molar-refractivity contribution is -0.147. The van der Waals surface area contributed by atoms with E-state index >= 15 is 0 Å². The lowest BCUT2D eigenvalue weighted by atomic mass is 9.89. The summed E-state index contributed by atoms with van der Waals surface area (Å²) in [5.74, 6) is 0.935. The molecule has 0 aromatic carbocycles. The topological polar surface area (TPSA) is 78.7 Å². The third-order valence-corrected chi connectivity index (χ3v) is 6.75. The van der Waals surface area contributed by atoms with Crippen LogP contribution in [0, 0.1) is 5.92 Å². The maximum absolute atomic E-state index is 12.6. The molecular formula is C22H36N4O4. The van der Waals surface area contributed by atoms with E-state index < -0.39 is 0 Å². The SMILES string of the molecule is CC(C)OCCOCc1nnn2c1COC1(CCN(C(=O)CC3CCCC3)CC1)C2. The fourth-order valence-electron chi connectivity index (χ4n) is 4.87. The van der Waals surface area contributed by atoms with Crippen molar-refractivity contribution in [3.63, 3.8) is 0 Å². The lowest BCUT2D eigenvalue weighted by Crippen LogP contribution is -2.52. The van der Waals surface area contributed by atoms with Gasteiger partial charge in [-0.2, -0.15) is 0 Å². The third kappa shape index (κ3) is 5.21. The summed E-state index contributed by atoms with van der Waals surface area (Å²) in [6.45, 7) is 8.34. The number of aromatic nitrogens is 3. The molecule has 0 bridgehead atoms. The van der Waals surface area contributed by atoms with Gasteiger partial charge in [0.2, 0.25) is 5.91 Å². The van der Waals surface area contributed by atoms with Gasteiger partial charge in [0, 0.05) is 19.5 Å². The number of piperidine rings is 1. The van der Waals surface area contributed by atoms with Crippen LogP contribution in [0.5, 0.6) is 0 Å². The van der Waals surface area contributed by atoms with Crippen molar-refractivity contribution in [2.45, 2.75) is 90.3 Å². The predicted octanol–water partition coefficient (Wildman–Crippen LogP) is 2.69. The van der Waals surface area contributed by atoms with Gasteiger partial charge in [0.1, 0.15) is 5.69 Å². The van der Waals surface area contributed by atoms with Crippen LogP contribution in [0.15, 0.2) is 0 Å². The lowest BCUT2D eigenvalue weighted by Gasteiger charge is -2.43. The Morgan fingerprint density at radius 1 is 1.23 bits per heavy atom. The van der Waals surface area contributed by atoms with Crippen LogP contribution < -0.4 is 0 Å². The van der Waals surface area contributed by atoms with E-state index in [-0.39, 0.29) is 11.7 Å². The van der Waals surface area contributed by atoms with Crippen molar-refractivity contribution in [3.05, 3.63) is 11.4 Å². The summed E-state index contributed by atoms with van der Waals surface area (Å²) in [5.41, 5.74) is 1.62. The Balaban J connectivity index is 1.24. The van der Waals surface area contributed by atoms with Crippen molar-refractivity contribution < 1.29 is 19.0 Å². The second kappa shape index (κ2) is 9.75. The van der Waals surface area contributed by atoms with Gasteiger partial charge in [0.25, 0.3) is 0 Å². The summed E-state index contributed by atoms with van der Waals surface area (Å²) < 4.78 is 19.5. The quantitative estimate of drug-likeness (QED) is 0.602. The van der Waals surface area contributed by atoms with Crippen molar-refractivity contribution in [2.75, 3.05) is 26.3 Å². The van der Waals surface area contributed by atoms with Crippen molar-refractivity contribution >= 4 is 5.91 Å². The first-order chi connectivity index (χ1) is 14.5. The van der Waals surface area contributed by atoms with Gasteiger partial charge in [-0.05, 0) is 45.4 Å². The molecule has 8 heteroatoms. The molecule has 8 nitrogen and oxygen atoms in total. The highest BCUT2D eigenvalue weighted by Crippen LogP contribution is 2.34. The average Bonchev–Trinajstić information content (AvgIpc) is 3.37. The van der Waals surface area contributed by atoms with Gasteiger partial charge < -0.3 is 19.1 Å². The molecule has 30 heavy (non-hydrogen) atoms. The van der Waals surface area contributed by atoms with E-state index in [1.54, 1.807) is 0 Å². The molecule has 1 saturated carbocycles. The monoisotopic (exact) mass is 420 g/mol. The molecule has 0 atom stereocenters. The van der Waals surface area contributed by atoms with Gasteiger partial charge in [0.15, 0.2) is 0 Å². The highest BCUT2D eigenvalue weighted by molar-refractivity contribution is 5.76. The predicted molar refractivity (Wildman–Crippen MR) is 111 cm³/mol. The van der Waals surface area contributed by atoms with Gasteiger partial charge >= 0.3 is 0 Å². The Hall–Kier alpha value is -1.51. The zero-order valence-electron chi connectivity index (χ0n) is 18.5. The Morgan fingerprint density at radius 3 is 2.73 bits per heavy atom. The summed E-state index contributed by atoms with van der Waals surface area (Å²) in [7, 11) is 0. The minimum atomic E-state index is -0.228. The fraction of sp³-hybridized carbons (Fsp3) is 0.864. The molecular weight excluding hydrogens is 384 g/mol. The van der Waals surface area contributed by atoms with E-state index in [1.807, 2.05) is 23.4 Å². The van der Waals surface area contributed by atoms with Crippen molar-refractivity contribution in [1.82, 2.24) is 19.9 Å². The largest absolute Gasteiger partial charge is 0.376 e. The molecule has 1 spiro atoms. The molecule has 0 radical (unpaired) electrons. The second-order valence-electron chi connectivity index (χ2n) is 9.32. The molecule has 1 amide bonds. The molecule has 1 aliphatic carbocycles. The minimum Gasteiger partial charge on any atom is -0.376 e. The first kappa shape index (κ1) is 21.7. The van der Waals surface area contributed by atoms with Crippen LogP contribution in [0.4, 0.5) is 0 Å². The number of amides is 1. The van der Waals surface area contributed by atoms with E-state index in [0.29, 0.717) is 44.8 Å². The summed E-state index contributed by atoms with van der Waals surface area (Å²) in [6, 6.07) is 0. The first-order valence-corrected chi connectivity index (χ1v) is 11.6. The first-order valence-electron chi connectivity index (χ1n) is 11.6. The van der Waals surface area contributed by atoms with Crippen molar-refractivity contribution in [3.8, 4) is 0 Å². The fourth-order valence-corrected chi connectivity index (χ4v) is 4.87. The van der Waals surface area contributed by atoms with Crippen LogP contribution in [-0.2, 0) is 38.8 Å². The maximum atomic E-state index is 12.6. The van der Waals surface area contributed by atoms with Crippen LogP contribution >= 0.6 is 0 Å². The van der Waals surface area contributed by atoms with Gasteiger partial charge in [-0.3, -0.25) is 4.79 Å². The molecule has 168 valence electrons. The highest BCUT2D eigenvalue weighted by Gasteiger charge is 2.41. The van der Waals surface area contributed by atoms with Crippen molar-refractivity contribution in [2.24, 2.45) is 5.92 Å². The summed E-state index contributed by atoms with van der Waals surface area (Å²) in [6.07, 6.45) is 7.68. The summed E-state index contributed by atoms with van der Waals surface area (Å²) >= 11 is 0.